The van der Waals surface area contributed by atoms with Gasteiger partial charge in [-0.15, -0.1) is 0 Å². The molecule has 37 heavy (non-hydrogen) atoms. The minimum Gasteiger partial charge on any atom is -0.493 e. The second kappa shape index (κ2) is 10.7. The third kappa shape index (κ3) is 5.64. The topological polar surface area (TPSA) is 107 Å². The monoisotopic (exact) mass is 522 g/mol. The number of hydrogen-bond acceptors (Lipinski definition) is 6. The number of hydrogen-bond donors (Lipinski definition) is 2. The highest BCUT2D eigenvalue weighted by atomic mass is 35.5. The molecule has 5 rings (SSSR count). The number of nitrogens with one attached hydrogen (secondary N) is 1. The number of benzene rings is 2. The van der Waals surface area contributed by atoms with Gasteiger partial charge in [0.25, 0.3) is 5.91 Å². The molecule has 1 aromatic heterocycles. The van der Waals surface area contributed by atoms with Gasteiger partial charge in [0, 0.05) is 40.9 Å². The van der Waals surface area contributed by atoms with Gasteiger partial charge in [-0.05, 0) is 62.1 Å². The number of pyridine rings is 1. The van der Waals surface area contributed by atoms with Crippen LogP contribution in [0.15, 0.2) is 48.5 Å². The fourth-order valence-electron chi connectivity index (χ4n) is 4.40. The van der Waals surface area contributed by atoms with Crippen molar-refractivity contribution in [2.75, 3.05) is 20.3 Å². The van der Waals surface area contributed by atoms with Gasteiger partial charge in [-0.25, -0.2) is 4.98 Å². The summed E-state index contributed by atoms with van der Waals surface area (Å²) in [5, 5.41) is 12.7. The lowest BCUT2D eigenvalue weighted by Gasteiger charge is -2.24. The molecule has 2 aliphatic rings. The Kier molecular flexibility index (Phi) is 7.19. The van der Waals surface area contributed by atoms with Crippen molar-refractivity contribution >= 4 is 23.5 Å². The van der Waals surface area contributed by atoms with Crippen molar-refractivity contribution in [2.45, 2.75) is 37.5 Å². The number of rotatable bonds is 9. The van der Waals surface area contributed by atoms with E-state index in [2.05, 4.69) is 10.3 Å². The van der Waals surface area contributed by atoms with Gasteiger partial charge in [-0.1, -0.05) is 17.7 Å². The van der Waals surface area contributed by atoms with Crippen LogP contribution in [0.1, 0.15) is 58.3 Å². The number of carbonyl (C=O) groups excluding carboxylic acids is 1. The van der Waals surface area contributed by atoms with E-state index in [1.807, 2.05) is 12.1 Å². The van der Waals surface area contributed by atoms with E-state index in [9.17, 15) is 14.7 Å². The maximum Gasteiger partial charge on any atom is 0.311 e. The quantitative estimate of drug-likeness (QED) is 0.391. The van der Waals surface area contributed by atoms with Crippen LogP contribution < -0.4 is 19.5 Å². The first-order valence-electron chi connectivity index (χ1n) is 12.2. The molecule has 1 aliphatic heterocycles. The maximum atomic E-state index is 12.6. The normalized spacial score (nSPS) is 16.3. The van der Waals surface area contributed by atoms with Gasteiger partial charge < -0.3 is 24.6 Å². The van der Waals surface area contributed by atoms with Crippen LogP contribution in [0.5, 0.6) is 23.1 Å². The summed E-state index contributed by atoms with van der Waals surface area (Å²) >= 11 is 6.37. The maximum absolute atomic E-state index is 12.6. The minimum absolute atomic E-state index is 0.201. The molecular formula is C28H27ClN2O6. The SMILES string of the molecule is COc1nc(C2CC2)ccc1CCNC(=O)c1ccc(Oc2cc3c(cc2Cl)C(C(=O)O)CCO3)cc1. The van der Waals surface area contributed by atoms with E-state index in [1.165, 1.54) is 12.8 Å². The third-order valence-corrected chi connectivity index (χ3v) is 6.87. The van der Waals surface area contributed by atoms with Crippen molar-refractivity contribution < 1.29 is 28.9 Å². The van der Waals surface area contributed by atoms with Crippen molar-refractivity contribution in [3.05, 3.63) is 75.9 Å². The minimum atomic E-state index is -0.912. The summed E-state index contributed by atoms with van der Waals surface area (Å²) in [5.41, 5.74) is 3.05. The second-order valence-electron chi connectivity index (χ2n) is 9.16. The van der Waals surface area contributed by atoms with Crippen molar-refractivity contribution in [3.63, 3.8) is 0 Å². The molecule has 1 aliphatic carbocycles. The van der Waals surface area contributed by atoms with E-state index in [0.29, 0.717) is 66.2 Å². The largest absolute Gasteiger partial charge is 0.493 e. The van der Waals surface area contributed by atoms with E-state index in [0.717, 1.165) is 11.3 Å². The summed E-state index contributed by atoms with van der Waals surface area (Å²) < 4.78 is 17.0. The van der Waals surface area contributed by atoms with Crippen LogP contribution in [0, 0.1) is 0 Å². The molecule has 2 N–H and O–H groups in total. The Hall–Kier alpha value is -3.78. The molecule has 3 aromatic rings. The van der Waals surface area contributed by atoms with Crippen LogP contribution >= 0.6 is 11.6 Å². The molecule has 1 saturated carbocycles. The molecule has 1 amide bonds. The fraction of sp³-hybridized carbons (Fsp3) is 0.321. The number of amides is 1. The zero-order chi connectivity index (χ0) is 25.9. The Bertz CT molecular complexity index is 1320. The molecule has 8 nitrogen and oxygen atoms in total. The average Bonchev–Trinajstić information content (AvgIpc) is 3.75. The smallest absolute Gasteiger partial charge is 0.311 e. The summed E-state index contributed by atoms with van der Waals surface area (Å²) in [7, 11) is 1.61. The van der Waals surface area contributed by atoms with Crippen LogP contribution in [0.2, 0.25) is 5.02 Å². The molecule has 2 aromatic carbocycles. The first kappa shape index (κ1) is 24.9. The van der Waals surface area contributed by atoms with Crippen LogP contribution in [0.4, 0.5) is 0 Å². The number of aliphatic carboxylic acids is 1. The molecule has 0 spiro atoms. The van der Waals surface area contributed by atoms with Gasteiger partial charge >= 0.3 is 5.97 Å². The molecule has 1 atom stereocenters. The van der Waals surface area contributed by atoms with E-state index >= 15 is 0 Å². The number of methoxy groups -OCH3 is 1. The molecule has 1 unspecified atom stereocenters. The molecule has 2 heterocycles. The lowest BCUT2D eigenvalue weighted by Crippen LogP contribution is -2.25. The average molecular weight is 523 g/mol. The summed E-state index contributed by atoms with van der Waals surface area (Å²) in [6.07, 6.45) is 3.35. The number of carboxylic acid groups (broad SMARTS) is 1. The Labute approximate surface area is 219 Å². The zero-order valence-electron chi connectivity index (χ0n) is 20.3. The van der Waals surface area contributed by atoms with Gasteiger partial charge in [-0.3, -0.25) is 9.59 Å². The predicted molar refractivity (Wildman–Crippen MR) is 137 cm³/mol. The molecule has 192 valence electrons. The lowest BCUT2D eigenvalue weighted by atomic mass is 9.93. The first-order valence-corrected chi connectivity index (χ1v) is 12.6. The number of halogens is 1. The number of carbonyl (C=O) groups is 2. The Morgan fingerprint density at radius 3 is 2.62 bits per heavy atom. The van der Waals surface area contributed by atoms with E-state index in [4.69, 9.17) is 25.8 Å². The lowest BCUT2D eigenvalue weighted by molar-refractivity contribution is -0.139. The van der Waals surface area contributed by atoms with Gasteiger partial charge in [0.2, 0.25) is 5.88 Å². The third-order valence-electron chi connectivity index (χ3n) is 6.58. The molecule has 9 heteroatoms. The first-order chi connectivity index (χ1) is 17.9. The number of nitrogens with zero attached hydrogens (tertiary/aromatic N) is 1. The van der Waals surface area contributed by atoms with Gasteiger partial charge in [-0.2, -0.15) is 0 Å². The van der Waals surface area contributed by atoms with Crippen LogP contribution in [0.25, 0.3) is 0 Å². The molecule has 1 fully saturated rings. The van der Waals surface area contributed by atoms with Crippen molar-refractivity contribution in [1.82, 2.24) is 10.3 Å². The molecule has 0 radical (unpaired) electrons. The summed E-state index contributed by atoms with van der Waals surface area (Å²) in [5.74, 6) is 0.670. The van der Waals surface area contributed by atoms with Gasteiger partial charge in [0.05, 0.1) is 24.7 Å². The van der Waals surface area contributed by atoms with Crippen molar-refractivity contribution in [2.24, 2.45) is 0 Å². The van der Waals surface area contributed by atoms with E-state index in [1.54, 1.807) is 43.5 Å². The van der Waals surface area contributed by atoms with Crippen LogP contribution in [-0.2, 0) is 11.2 Å². The molecular weight excluding hydrogens is 496 g/mol. The zero-order valence-corrected chi connectivity index (χ0v) is 21.1. The number of aromatic nitrogens is 1. The number of ether oxygens (including phenoxy) is 3. The standard InChI is InChI=1S/C28H27ClN2O6/c1-35-27-18(6-9-23(31-27)16-2-3-16)10-12-30-26(32)17-4-7-19(8-5-17)37-25-15-24-21(14-22(25)29)20(28(33)34)11-13-36-24/h4-9,14-16,20H,2-3,10-13H2,1H3,(H,30,32)(H,33,34). The second-order valence-corrected chi connectivity index (χ2v) is 9.57. The summed E-state index contributed by atoms with van der Waals surface area (Å²) in [6.45, 7) is 0.754. The van der Waals surface area contributed by atoms with E-state index in [-0.39, 0.29) is 10.9 Å². The van der Waals surface area contributed by atoms with Crippen LogP contribution in [-0.4, -0.2) is 42.2 Å². The van der Waals surface area contributed by atoms with Crippen molar-refractivity contribution in [1.29, 1.82) is 0 Å². The van der Waals surface area contributed by atoms with E-state index < -0.39 is 11.9 Å². The molecule has 0 saturated heterocycles. The Morgan fingerprint density at radius 1 is 1.14 bits per heavy atom. The van der Waals surface area contributed by atoms with Crippen LogP contribution in [0.3, 0.4) is 0 Å². The number of carboxylic acids is 1. The highest BCUT2D eigenvalue weighted by Crippen LogP contribution is 2.42. The van der Waals surface area contributed by atoms with Gasteiger partial charge in [0.15, 0.2) is 0 Å². The Morgan fingerprint density at radius 2 is 1.92 bits per heavy atom. The van der Waals surface area contributed by atoms with Crippen molar-refractivity contribution in [3.8, 4) is 23.1 Å². The predicted octanol–water partition coefficient (Wildman–Crippen LogP) is 5.34. The summed E-state index contributed by atoms with van der Waals surface area (Å²) in [4.78, 5) is 28.8. The summed E-state index contributed by atoms with van der Waals surface area (Å²) in [6, 6.07) is 13.9. The highest BCUT2D eigenvalue weighted by Gasteiger charge is 2.29. The molecule has 0 bridgehead atoms. The Balaban J connectivity index is 1.18. The van der Waals surface area contributed by atoms with Gasteiger partial charge in [0.1, 0.15) is 17.2 Å². The fourth-order valence-corrected chi connectivity index (χ4v) is 4.61. The highest BCUT2D eigenvalue weighted by molar-refractivity contribution is 6.32. The number of fused-ring (bicyclic) bond motifs is 1.